The summed E-state index contributed by atoms with van der Waals surface area (Å²) in [5, 5.41) is 27.3. The molecule has 0 N–H and O–H groups in total. The van der Waals surface area contributed by atoms with Gasteiger partial charge in [-0.25, -0.2) is 0 Å². The van der Waals surface area contributed by atoms with Crippen LogP contribution in [0.15, 0.2) is 176 Å². The summed E-state index contributed by atoms with van der Waals surface area (Å²) in [6.45, 7) is 0. The number of rotatable bonds is 6. The van der Waals surface area contributed by atoms with Crippen molar-refractivity contribution >= 4 is 50.6 Å². The molecule has 0 saturated heterocycles. The van der Waals surface area contributed by atoms with Gasteiger partial charge in [-0.2, -0.15) is 10.5 Å². The first-order valence-corrected chi connectivity index (χ1v) is 18.0. The Hall–Kier alpha value is -6.46. The number of fused-ring (bicyclic) bond motifs is 3. The first-order valence-electron chi connectivity index (χ1n) is 16.0. The Kier molecular flexibility index (Phi) is 7.27. The van der Waals surface area contributed by atoms with Crippen LogP contribution in [0.5, 0.6) is 0 Å². The molecule has 8 rings (SSSR count). The molecule has 3 nitrogen and oxygen atoms in total. The summed E-state index contributed by atoms with van der Waals surface area (Å²) in [6, 6.07) is 66.4. The summed E-state index contributed by atoms with van der Waals surface area (Å²) in [5.41, 5.74) is 6.16. The molecule has 1 heterocycles. The van der Waals surface area contributed by atoms with Crippen LogP contribution in [0.4, 0.5) is 0 Å². The molecule has 0 aliphatic carbocycles. The lowest BCUT2D eigenvalue weighted by Gasteiger charge is -2.34. The molecule has 48 heavy (non-hydrogen) atoms. The molecule has 0 atom stereocenters. The second-order valence-electron chi connectivity index (χ2n) is 12.0. The van der Waals surface area contributed by atoms with E-state index >= 15 is 0 Å². The van der Waals surface area contributed by atoms with Crippen LogP contribution in [0.2, 0.25) is 0 Å². The van der Waals surface area contributed by atoms with E-state index in [4.69, 9.17) is 0 Å². The van der Waals surface area contributed by atoms with Crippen molar-refractivity contribution in [2.45, 2.75) is 0 Å². The highest BCUT2D eigenvalue weighted by Gasteiger charge is 2.41. The van der Waals surface area contributed by atoms with Crippen LogP contribution >= 0.6 is 0 Å². The van der Waals surface area contributed by atoms with Gasteiger partial charge in [0.15, 0.2) is 8.07 Å². The van der Waals surface area contributed by atoms with Crippen molar-refractivity contribution in [3.05, 3.63) is 187 Å². The summed E-state index contributed by atoms with van der Waals surface area (Å²) in [7, 11) is -2.75. The summed E-state index contributed by atoms with van der Waals surface area (Å²) in [4.78, 5) is 0. The van der Waals surface area contributed by atoms with E-state index in [1.54, 1.807) is 0 Å². The van der Waals surface area contributed by atoms with E-state index in [0.717, 1.165) is 38.6 Å². The second kappa shape index (κ2) is 12.0. The summed E-state index contributed by atoms with van der Waals surface area (Å²) in [6.07, 6.45) is 0. The SMILES string of the molecule is N#Cc1ccc2c(c1)c1ccccc1n2-c1ccc(C#N)c(-c2cccc([Si](c3ccccc3)(c3ccccc3)c3ccccc3)c2)c1. The third kappa shape index (κ3) is 4.64. The lowest BCUT2D eigenvalue weighted by atomic mass is 9.99. The van der Waals surface area contributed by atoms with Crippen molar-refractivity contribution in [2.24, 2.45) is 0 Å². The minimum absolute atomic E-state index is 0.620. The molecular formula is C44H29N3Si. The van der Waals surface area contributed by atoms with Crippen LogP contribution in [0.3, 0.4) is 0 Å². The van der Waals surface area contributed by atoms with Crippen LogP contribution < -0.4 is 20.7 Å². The molecule has 0 radical (unpaired) electrons. The molecule has 0 aliphatic heterocycles. The first-order chi connectivity index (χ1) is 23.7. The maximum atomic E-state index is 10.4. The molecule has 1 aromatic heterocycles. The van der Waals surface area contributed by atoms with Gasteiger partial charge in [-0.15, -0.1) is 0 Å². The topological polar surface area (TPSA) is 52.5 Å². The van der Waals surface area contributed by atoms with E-state index in [9.17, 15) is 10.5 Å². The fourth-order valence-electron chi connectivity index (χ4n) is 7.31. The third-order valence-electron chi connectivity index (χ3n) is 9.41. The second-order valence-corrected chi connectivity index (χ2v) is 15.8. The van der Waals surface area contributed by atoms with Gasteiger partial charge in [0.2, 0.25) is 0 Å². The van der Waals surface area contributed by atoms with Gasteiger partial charge in [-0.3, -0.25) is 0 Å². The molecule has 0 amide bonds. The average molecular weight is 628 g/mol. The average Bonchev–Trinajstić information content (AvgIpc) is 3.50. The number of nitriles is 2. The summed E-state index contributed by atoms with van der Waals surface area (Å²) < 4.78 is 2.23. The van der Waals surface area contributed by atoms with E-state index < -0.39 is 8.07 Å². The Labute approximate surface area is 280 Å². The predicted molar refractivity (Wildman–Crippen MR) is 199 cm³/mol. The minimum atomic E-state index is -2.75. The smallest absolute Gasteiger partial charge is 0.179 e. The van der Waals surface area contributed by atoms with Crippen LogP contribution in [-0.2, 0) is 0 Å². The number of benzene rings is 7. The van der Waals surface area contributed by atoms with Gasteiger partial charge in [0, 0.05) is 22.0 Å². The number of nitrogens with zero attached hydrogens (tertiary/aromatic N) is 3. The fraction of sp³-hybridized carbons (Fsp3) is 0. The molecule has 8 aromatic rings. The molecule has 0 fully saturated rings. The van der Waals surface area contributed by atoms with Crippen molar-refractivity contribution in [3.63, 3.8) is 0 Å². The molecule has 0 bridgehead atoms. The highest BCUT2D eigenvalue weighted by molar-refractivity contribution is 7.19. The zero-order valence-electron chi connectivity index (χ0n) is 26.1. The minimum Gasteiger partial charge on any atom is -0.309 e. The van der Waals surface area contributed by atoms with Crippen LogP contribution in [0.1, 0.15) is 11.1 Å². The number of para-hydroxylation sites is 1. The molecule has 0 aliphatic rings. The lowest BCUT2D eigenvalue weighted by Crippen LogP contribution is -2.74. The highest BCUT2D eigenvalue weighted by Crippen LogP contribution is 2.35. The van der Waals surface area contributed by atoms with E-state index in [0.29, 0.717) is 11.1 Å². The van der Waals surface area contributed by atoms with Crippen molar-refractivity contribution in [1.82, 2.24) is 4.57 Å². The van der Waals surface area contributed by atoms with Crippen molar-refractivity contribution in [1.29, 1.82) is 10.5 Å². The maximum absolute atomic E-state index is 10.4. The van der Waals surface area contributed by atoms with Gasteiger partial charge in [-0.1, -0.05) is 133 Å². The molecule has 0 spiro atoms. The first kappa shape index (κ1) is 29.0. The Balaban J connectivity index is 1.38. The van der Waals surface area contributed by atoms with E-state index in [1.807, 2.05) is 42.5 Å². The Bertz CT molecular complexity index is 2430. The van der Waals surface area contributed by atoms with Crippen molar-refractivity contribution in [2.75, 3.05) is 0 Å². The van der Waals surface area contributed by atoms with Crippen LogP contribution in [0.25, 0.3) is 38.6 Å². The van der Waals surface area contributed by atoms with E-state index in [-0.39, 0.29) is 0 Å². The zero-order chi connectivity index (χ0) is 32.5. The lowest BCUT2D eigenvalue weighted by molar-refractivity contribution is 1.18. The molecule has 0 saturated carbocycles. The van der Waals surface area contributed by atoms with Gasteiger partial charge in [0.25, 0.3) is 0 Å². The van der Waals surface area contributed by atoms with Gasteiger partial charge in [-0.05, 0) is 68.8 Å². The largest absolute Gasteiger partial charge is 0.309 e. The Morgan fingerprint density at radius 3 is 1.65 bits per heavy atom. The zero-order valence-corrected chi connectivity index (χ0v) is 27.1. The summed E-state index contributed by atoms with van der Waals surface area (Å²) in [5.74, 6) is 0. The van der Waals surface area contributed by atoms with Crippen LogP contribution in [0, 0.1) is 22.7 Å². The molecule has 0 unspecified atom stereocenters. The van der Waals surface area contributed by atoms with Crippen LogP contribution in [-0.4, -0.2) is 12.6 Å². The molecule has 7 aromatic carbocycles. The molecule has 224 valence electrons. The fourth-order valence-corrected chi connectivity index (χ4v) is 12.1. The van der Waals surface area contributed by atoms with Gasteiger partial charge >= 0.3 is 0 Å². The quantitative estimate of drug-likeness (QED) is 0.141. The van der Waals surface area contributed by atoms with Gasteiger partial charge in [0.1, 0.15) is 0 Å². The van der Waals surface area contributed by atoms with Crippen molar-refractivity contribution in [3.8, 4) is 29.0 Å². The number of hydrogen-bond acceptors (Lipinski definition) is 2. The summed E-state index contributed by atoms with van der Waals surface area (Å²) >= 11 is 0. The predicted octanol–water partition coefficient (Wildman–Crippen LogP) is 7.57. The van der Waals surface area contributed by atoms with E-state index in [1.165, 1.54) is 20.7 Å². The molecule has 4 heteroatoms. The number of hydrogen-bond donors (Lipinski definition) is 0. The standard InChI is InChI=1S/C44H29N3Si/c45-30-32-23-26-44-42(27-32)40-21-10-11-22-43(40)47(44)35-25-24-34(31-46)41(29-35)33-13-12-20-39(28-33)48(36-14-4-1-5-15-36,37-16-6-2-7-17-37)38-18-8-3-9-19-38/h1-29H. The van der Waals surface area contributed by atoms with E-state index in [2.05, 4.69) is 150 Å². The Morgan fingerprint density at radius 2 is 1.02 bits per heavy atom. The third-order valence-corrected chi connectivity index (χ3v) is 14.2. The number of aromatic nitrogens is 1. The van der Waals surface area contributed by atoms with Gasteiger partial charge in [0.05, 0.1) is 34.3 Å². The maximum Gasteiger partial charge on any atom is 0.179 e. The normalized spacial score (nSPS) is 11.3. The molecular weight excluding hydrogens is 599 g/mol. The highest BCUT2D eigenvalue weighted by atomic mass is 28.3. The Morgan fingerprint density at radius 1 is 0.438 bits per heavy atom. The van der Waals surface area contributed by atoms with Gasteiger partial charge < -0.3 is 4.57 Å². The van der Waals surface area contributed by atoms with Crippen molar-refractivity contribution < 1.29 is 0 Å². The monoisotopic (exact) mass is 627 g/mol.